The Morgan fingerprint density at radius 2 is 1.50 bits per heavy atom. The third kappa shape index (κ3) is 8.68. The van der Waals surface area contributed by atoms with Crippen LogP contribution in [0.5, 0.6) is 0 Å². The van der Waals surface area contributed by atoms with Gasteiger partial charge in [0, 0.05) is 0 Å². The van der Waals surface area contributed by atoms with Gasteiger partial charge in [0.05, 0.1) is 0 Å². The molecule has 4 heteroatoms. The fourth-order valence-corrected chi connectivity index (χ4v) is 1.04. The predicted molar refractivity (Wildman–Crippen MR) is 68.5 cm³/mol. The van der Waals surface area contributed by atoms with Crippen LogP contribution >= 0.6 is 0 Å². The summed E-state index contributed by atoms with van der Waals surface area (Å²) in [6.07, 6.45) is 0. The number of hydrogen-bond donors (Lipinski definition) is 2. The van der Waals surface area contributed by atoms with E-state index in [-0.39, 0.29) is 5.41 Å². The second kappa shape index (κ2) is 8.53. The average Bonchev–Trinajstić information content (AvgIpc) is 2.19. The van der Waals surface area contributed by atoms with Gasteiger partial charge in [-0.2, -0.15) is 0 Å². The van der Waals surface area contributed by atoms with Crippen molar-refractivity contribution in [3.05, 3.63) is 0 Å². The molecule has 16 heavy (non-hydrogen) atoms. The quantitative estimate of drug-likeness (QED) is 0.775. The number of rotatable bonds is 4. The zero-order chi connectivity index (χ0) is 13.4. The Hall–Kier alpha value is -0.610. The summed E-state index contributed by atoms with van der Waals surface area (Å²) < 4.78 is 0. The zero-order valence-corrected chi connectivity index (χ0v) is 11.6. The maximum Gasteiger partial charge on any atom is 0.321 e. The van der Waals surface area contributed by atoms with E-state index in [0.717, 1.165) is 0 Å². The Labute approximate surface area is 99.8 Å². The van der Waals surface area contributed by atoms with Crippen molar-refractivity contribution >= 4 is 5.97 Å². The van der Waals surface area contributed by atoms with E-state index in [2.05, 4.69) is 25.7 Å². The van der Waals surface area contributed by atoms with Crippen LogP contribution in [0.1, 0.15) is 41.5 Å². The number of aliphatic carboxylic acids is 1. The first-order valence-electron chi connectivity index (χ1n) is 5.91. The molecular weight excluding hydrogens is 204 g/mol. The molecule has 0 fully saturated rings. The lowest BCUT2D eigenvalue weighted by Gasteiger charge is -2.22. The first-order chi connectivity index (χ1) is 7.20. The summed E-state index contributed by atoms with van der Waals surface area (Å²) in [6, 6.07) is -0.766. The maximum absolute atomic E-state index is 10.2. The molecule has 0 unspecified atom stereocenters. The fraction of sp³-hybridized carbons (Fsp3) is 0.917. The van der Waals surface area contributed by atoms with Crippen molar-refractivity contribution < 1.29 is 9.90 Å². The van der Waals surface area contributed by atoms with E-state index in [1.54, 1.807) is 20.8 Å². The average molecular weight is 232 g/mol. The van der Waals surface area contributed by atoms with Gasteiger partial charge in [0.15, 0.2) is 0 Å². The van der Waals surface area contributed by atoms with Crippen LogP contribution in [0.2, 0.25) is 0 Å². The van der Waals surface area contributed by atoms with Crippen LogP contribution < -0.4 is 5.73 Å². The number of nitrogens with zero attached hydrogens (tertiary/aromatic N) is 1. The Balaban J connectivity index is 0. The largest absolute Gasteiger partial charge is 0.480 e. The minimum Gasteiger partial charge on any atom is -0.480 e. The molecule has 0 saturated heterocycles. The molecule has 1 atom stereocenters. The fourth-order valence-electron chi connectivity index (χ4n) is 1.04. The topological polar surface area (TPSA) is 66.6 Å². The van der Waals surface area contributed by atoms with Gasteiger partial charge < -0.3 is 15.7 Å². The van der Waals surface area contributed by atoms with Gasteiger partial charge in [-0.15, -0.1) is 0 Å². The third-order valence-electron chi connectivity index (χ3n) is 2.54. The molecule has 0 saturated carbocycles. The molecule has 0 aromatic heterocycles. The van der Waals surface area contributed by atoms with Gasteiger partial charge >= 0.3 is 5.97 Å². The van der Waals surface area contributed by atoms with E-state index in [1.807, 2.05) is 0 Å². The predicted octanol–water partition coefficient (Wildman–Crippen LogP) is 1.79. The standard InChI is InChI=1S/C6H13NO2.C6H15N/c1-6(2,3)4(7)5(8)9;1-4-7(5-2)6-3/h4H,7H2,1-3H3,(H,8,9);4-6H2,1-3H3/t4-;/m1./s1. The molecule has 0 aliphatic carbocycles. The van der Waals surface area contributed by atoms with Gasteiger partial charge in [-0.3, -0.25) is 4.79 Å². The molecule has 98 valence electrons. The lowest BCUT2D eigenvalue weighted by Crippen LogP contribution is -2.41. The number of hydrogen-bond acceptors (Lipinski definition) is 3. The summed E-state index contributed by atoms with van der Waals surface area (Å²) >= 11 is 0. The van der Waals surface area contributed by atoms with Crippen molar-refractivity contribution in [3.63, 3.8) is 0 Å². The van der Waals surface area contributed by atoms with Crippen LogP contribution in [0, 0.1) is 5.41 Å². The SMILES string of the molecule is CC(C)(C)[C@H](N)C(=O)O.CCN(CC)CC. The number of nitrogens with two attached hydrogens (primary N) is 1. The first-order valence-corrected chi connectivity index (χ1v) is 5.91. The van der Waals surface area contributed by atoms with E-state index in [9.17, 15) is 4.79 Å². The van der Waals surface area contributed by atoms with Crippen molar-refractivity contribution in [2.45, 2.75) is 47.6 Å². The molecule has 0 aliphatic heterocycles. The Kier molecular flexibility index (Phi) is 9.48. The zero-order valence-electron chi connectivity index (χ0n) is 11.6. The van der Waals surface area contributed by atoms with Crippen LogP contribution in [0.3, 0.4) is 0 Å². The summed E-state index contributed by atoms with van der Waals surface area (Å²) in [4.78, 5) is 12.6. The van der Waals surface area contributed by atoms with E-state index in [0.29, 0.717) is 0 Å². The van der Waals surface area contributed by atoms with Crippen LogP contribution in [-0.2, 0) is 4.79 Å². The molecule has 0 heterocycles. The summed E-state index contributed by atoms with van der Waals surface area (Å²) in [5, 5.41) is 8.39. The van der Waals surface area contributed by atoms with Gasteiger partial charge in [-0.05, 0) is 25.0 Å². The van der Waals surface area contributed by atoms with Gasteiger partial charge in [0.2, 0.25) is 0 Å². The molecule has 0 aromatic carbocycles. The van der Waals surface area contributed by atoms with Crippen LogP contribution in [0.4, 0.5) is 0 Å². The molecule has 0 aromatic rings. The molecular formula is C12H28N2O2. The van der Waals surface area contributed by atoms with Crippen molar-refractivity contribution in [2.75, 3.05) is 19.6 Å². The van der Waals surface area contributed by atoms with E-state index in [4.69, 9.17) is 10.8 Å². The molecule has 0 radical (unpaired) electrons. The minimum absolute atomic E-state index is 0.341. The second-order valence-corrected chi connectivity index (χ2v) is 4.80. The molecule has 0 bridgehead atoms. The first kappa shape index (κ1) is 17.8. The molecule has 0 amide bonds. The molecule has 0 spiro atoms. The van der Waals surface area contributed by atoms with E-state index in [1.165, 1.54) is 19.6 Å². The van der Waals surface area contributed by atoms with Crippen LogP contribution in [-0.4, -0.2) is 41.7 Å². The van der Waals surface area contributed by atoms with Crippen molar-refractivity contribution in [1.29, 1.82) is 0 Å². The highest BCUT2D eigenvalue weighted by atomic mass is 16.4. The highest BCUT2D eigenvalue weighted by Crippen LogP contribution is 2.16. The smallest absolute Gasteiger partial charge is 0.321 e. The monoisotopic (exact) mass is 232 g/mol. The minimum atomic E-state index is -0.942. The highest BCUT2D eigenvalue weighted by molar-refractivity contribution is 5.74. The molecule has 3 N–H and O–H groups in total. The number of carbonyl (C=O) groups is 1. The molecule has 0 aliphatic rings. The Morgan fingerprint density at radius 1 is 1.19 bits per heavy atom. The molecule has 4 nitrogen and oxygen atoms in total. The highest BCUT2D eigenvalue weighted by Gasteiger charge is 2.26. The van der Waals surface area contributed by atoms with Crippen molar-refractivity contribution in [2.24, 2.45) is 11.1 Å². The normalized spacial score (nSPS) is 13.0. The van der Waals surface area contributed by atoms with E-state index >= 15 is 0 Å². The lowest BCUT2D eigenvalue weighted by atomic mass is 9.88. The van der Waals surface area contributed by atoms with Gasteiger partial charge in [0.1, 0.15) is 6.04 Å². The van der Waals surface area contributed by atoms with Crippen molar-refractivity contribution in [3.8, 4) is 0 Å². The summed E-state index contributed by atoms with van der Waals surface area (Å²) in [5.74, 6) is -0.942. The number of carboxylic acid groups (broad SMARTS) is 1. The summed E-state index contributed by atoms with van der Waals surface area (Å²) in [6.45, 7) is 15.5. The van der Waals surface area contributed by atoms with Gasteiger partial charge in [0.25, 0.3) is 0 Å². The van der Waals surface area contributed by atoms with Crippen LogP contribution in [0.15, 0.2) is 0 Å². The van der Waals surface area contributed by atoms with E-state index < -0.39 is 12.0 Å². The van der Waals surface area contributed by atoms with Crippen molar-refractivity contribution in [1.82, 2.24) is 4.90 Å². The summed E-state index contributed by atoms with van der Waals surface area (Å²) in [5.41, 5.74) is 4.95. The second-order valence-electron chi connectivity index (χ2n) is 4.80. The Bertz CT molecular complexity index is 178. The lowest BCUT2D eigenvalue weighted by molar-refractivity contribution is -0.141. The van der Waals surface area contributed by atoms with Gasteiger partial charge in [-0.25, -0.2) is 0 Å². The Morgan fingerprint density at radius 3 is 1.50 bits per heavy atom. The third-order valence-corrected chi connectivity index (χ3v) is 2.54. The summed E-state index contributed by atoms with van der Waals surface area (Å²) in [7, 11) is 0. The molecule has 0 rings (SSSR count). The van der Waals surface area contributed by atoms with Crippen LogP contribution in [0.25, 0.3) is 0 Å². The number of carboxylic acids is 1. The maximum atomic E-state index is 10.2. The van der Waals surface area contributed by atoms with Gasteiger partial charge in [-0.1, -0.05) is 41.5 Å².